The Kier molecular flexibility index (Phi) is 7.94. The number of aliphatic carboxylic acids is 1. The smallest absolute Gasteiger partial charge is 0.337 e. The summed E-state index contributed by atoms with van der Waals surface area (Å²) >= 11 is 9.56. The summed E-state index contributed by atoms with van der Waals surface area (Å²) < 4.78 is 0. The molecule has 5 heteroatoms. The van der Waals surface area contributed by atoms with E-state index in [9.17, 15) is 4.79 Å². The third-order valence-corrected chi connectivity index (χ3v) is 0.560. The summed E-state index contributed by atoms with van der Waals surface area (Å²) in [6, 6.07) is 0. The van der Waals surface area contributed by atoms with E-state index < -0.39 is 10.8 Å². The normalized spacial score (nSPS) is 7.86. The second-order valence-electron chi connectivity index (χ2n) is 0.639. The minimum absolute atomic E-state index is 0. The number of hydrogen-bond donors (Lipinski definition) is 1. The molecule has 0 aromatic rings. The Bertz CT molecular complexity index is 64.7. The summed E-state index contributed by atoms with van der Waals surface area (Å²) in [4.78, 5) is 8.15. The van der Waals surface area contributed by atoms with E-state index in [1.807, 2.05) is 0 Å². The van der Waals surface area contributed by atoms with Gasteiger partial charge in [-0.2, -0.15) is 0 Å². The van der Waals surface area contributed by atoms with Gasteiger partial charge in [0, 0.05) is 27.3 Å². The van der Waals surface area contributed by atoms with Gasteiger partial charge in [0.05, 0.1) is 0 Å². The van der Waals surface area contributed by atoms with Gasteiger partial charge in [-0.05, 0) is 0 Å². The van der Waals surface area contributed by atoms with Gasteiger partial charge < -0.3 is 5.11 Å². The van der Waals surface area contributed by atoms with Gasteiger partial charge in [-0.3, -0.25) is 0 Å². The van der Waals surface area contributed by atoms with Crippen LogP contribution in [0.15, 0.2) is 0 Å². The summed E-state index contributed by atoms with van der Waals surface area (Å²) in [5.74, 6) is -1.21. The summed E-state index contributed by atoms with van der Waals surface area (Å²) in [6.07, 6.45) is 0. The Morgan fingerprint density at radius 3 is 1.71 bits per heavy atom. The van der Waals surface area contributed by atoms with Crippen molar-refractivity contribution in [3.05, 3.63) is 0 Å². The number of hydrogen-bond acceptors (Lipinski definition) is 1. The summed E-state index contributed by atoms with van der Waals surface area (Å²) in [5.41, 5.74) is 0. The van der Waals surface area contributed by atoms with Gasteiger partial charge in [0.25, 0.3) is 0 Å². The first-order valence-electron chi connectivity index (χ1n) is 1.15. The number of carboxylic acid groups (broad SMARTS) is 1. The van der Waals surface area contributed by atoms with E-state index in [1.165, 1.54) is 0 Å². The van der Waals surface area contributed by atoms with Crippen LogP contribution in [0.5, 0.6) is 0 Å². The zero-order chi connectivity index (χ0) is 5.15. The van der Waals surface area contributed by atoms with Gasteiger partial charge in [-0.1, -0.05) is 23.2 Å². The fraction of sp³-hybridized carbons (Fsp3) is 0.500. The predicted molar refractivity (Wildman–Crippen MR) is 23.1 cm³/mol. The predicted octanol–water partition coefficient (Wildman–Crippen LogP) is 0.872. The number of rotatable bonds is 1. The van der Waals surface area contributed by atoms with Crippen molar-refractivity contribution >= 4 is 29.2 Å². The van der Waals surface area contributed by atoms with Crippen molar-refractivity contribution in [2.45, 2.75) is 4.84 Å². The number of alkyl halides is 2. The minimum atomic E-state index is -1.29. The zero-order valence-corrected chi connectivity index (χ0v) is 8.94. The average molecular weight is 241 g/mol. The van der Waals surface area contributed by atoms with Crippen LogP contribution in [0.2, 0.25) is 0 Å². The molecule has 0 amide bonds. The largest absolute Gasteiger partial charge is 0.479 e. The third-order valence-electron chi connectivity index (χ3n) is 0.187. The molecule has 0 heterocycles. The maximum atomic E-state index is 9.44. The van der Waals surface area contributed by atoms with Gasteiger partial charge in [0.2, 0.25) is 4.84 Å². The van der Waals surface area contributed by atoms with Crippen LogP contribution in [0.3, 0.4) is 0 Å². The molecule has 0 atom stereocenters. The first-order valence-corrected chi connectivity index (χ1v) is 2.03. The van der Waals surface area contributed by atoms with Crippen molar-refractivity contribution in [1.29, 1.82) is 0 Å². The van der Waals surface area contributed by atoms with Gasteiger partial charge in [0.1, 0.15) is 0 Å². The van der Waals surface area contributed by atoms with Gasteiger partial charge >= 0.3 is 5.97 Å². The molecule has 0 bridgehead atoms. The van der Waals surface area contributed by atoms with Crippen LogP contribution < -0.4 is 0 Å². The maximum absolute atomic E-state index is 9.44. The SMILES string of the molecule is O=C(O)C(Cl)Cl.[Cd]. The molecule has 0 fully saturated rings. The van der Waals surface area contributed by atoms with E-state index in [1.54, 1.807) is 0 Å². The molecular weight excluding hydrogens is 239 g/mol. The molecule has 0 aliphatic carbocycles. The van der Waals surface area contributed by atoms with Crippen LogP contribution in [-0.2, 0) is 32.1 Å². The van der Waals surface area contributed by atoms with Gasteiger partial charge in [0.15, 0.2) is 0 Å². The molecule has 0 rings (SSSR count). The van der Waals surface area contributed by atoms with Crippen molar-refractivity contribution < 1.29 is 37.2 Å². The molecule has 0 unspecified atom stereocenters. The molecule has 0 radical (unpaired) electrons. The molecule has 7 heavy (non-hydrogen) atoms. The second-order valence-corrected chi connectivity index (χ2v) is 1.74. The van der Waals surface area contributed by atoms with Crippen molar-refractivity contribution in [1.82, 2.24) is 0 Å². The Morgan fingerprint density at radius 2 is 1.71 bits per heavy atom. The van der Waals surface area contributed by atoms with Crippen LogP contribution in [0.4, 0.5) is 0 Å². The van der Waals surface area contributed by atoms with Crippen molar-refractivity contribution in [2.75, 3.05) is 0 Å². The monoisotopic (exact) mass is 242 g/mol. The van der Waals surface area contributed by atoms with E-state index in [0.29, 0.717) is 0 Å². The standard InChI is InChI=1S/C2H2Cl2O2.Cd/c3-1(4)2(5)6;/h1H,(H,5,6);. The van der Waals surface area contributed by atoms with E-state index in [4.69, 9.17) is 28.3 Å². The molecule has 38 valence electrons. The van der Waals surface area contributed by atoms with E-state index in [0.717, 1.165) is 0 Å². The third kappa shape index (κ3) is 6.97. The van der Waals surface area contributed by atoms with Crippen LogP contribution in [-0.4, -0.2) is 15.9 Å². The molecule has 0 aliphatic heterocycles. The molecule has 2 nitrogen and oxygen atoms in total. The van der Waals surface area contributed by atoms with E-state index >= 15 is 0 Å². The minimum Gasteiger partial charge on any atom is -0.479 e. The number of carbonyl (C=O) groups is 1. The number of carboxylic acids is 1. The van der Waals surface area contributed by atoms with Crippen LogP contribution >= 0.6 is 23.2 Å². The van der Waals surface area contributed by atoms with Gasteiger partial charge in [-0.25, -0.2) is 4.79 Å². The topological polar surface area (TPSA) is 37.3 Å². The first-order chi connectivity index (χ1) is 2.64. The first kappa shape index (κ1) is 10.9. The van der Waals surface area contributed by atoms with Crippen molar-refractivity contribution in [3.63, 3.8) is 0 Å². The van der Waals surface area contributed by atoms with Gasteiger partial charge in [-0.15, -0.1) is 0 Å². The molecule has 0 saturated heterocycles. The summed E-state index contributed by atoms with van der Waals surface area (Å²) in [5, 5.41) is 7.73. The van der Waals surface area contributed by atoms with Crippen LogP contribution in [0.1, 0.15) is 0 Å². The Labute approximate surface area is 70.9 Å². The van der Waals surface area contributed by atoms with Crippen molar-refractivity contribution in [2.24, 2.45) is 0 Å². The Balaban J connectivity index is 0. The fourth-order valence-corrected chi connectivity index (χ4v) is 0. The summed E-state index contributed by atoms with van der Waals surface area (Å²) in [7, 11) is 0. The Hall–Kier alpha value is 0.972. The molecule has 0 aliphatic rings. The van der Waals surface area contributed by atoms with E-state index in [-0.39, 0.29) is 27.3 Å². The zero-order valence-electron chi connectivity index (χ0n) is 3.40. The van der Waals surface area contributed by atoms with Crippen molar-refractivity contribution in [3.8, 4) is 0 Å². The second kappa shape index (κ2) is 5.12. The fourth-order valence-electron chi connectivity index (χ4n) is 0. The molecule has 0 saturated carbocycles. The molecule has 0 aromatic carbocycles. The molecular formula is C2H2CdCl2O2. The van der Waals surface area contributed by atoms with E-state index in [2.05, 4.69) is 0 Å². The molecule has 0 spiro atoms. The maximum Gasteiger partial charge on any atom is 0.337 e. The molecule has 0 aromatic heterocycles. The average Bonchev–Trinajstić information content (AvgIpc) is 1.36. The molecule has 1 N–H and O–H groups in total. The summed E-state index contributed by atoms with van der Waals surface area (Å²) in [6.45, 7) is 0. The number of halogens is 2. The van der Waals surface area contributed by atoms with Crippen LogP contribution in [0, 0.1) is 0 Å². The Morgan fingerprint density at radius 1 is 1.57 bits per heavy atom. The quantitative estimate of drug-likeness (QED) is 0.546. The van der Waals surface area contributed by atoms with Crippen LogP contribution in [0.25, 0.3) is 0 Å².